The quantitative estimate of drug-likeness (QED) is 0.719. The van der Waals surface area contributed by atoms with E-state index in [-0.39, 0.29) is 5.56 Å². The van der Waals surface area contributed by atoms with E-state index in [0.29, 0.717) is 17.0 Å². The summed E-state index contributed by atoms with van der Waals surface area (Å²) in [5.41, 5.74) is 3.19. The minimum Gasteiger partial charge on any atom is -0.496 e. The van der Waals surface area contributed by atoms with Crippen LogP contribution < -0.4 is 16.0 Å². The Balaban J connectivity index is 2.15. The van der Waals surface area contributed by atoms with E-state index in [9.17, 15) is 9.59 Å². The van der Waals surface area contributed by atoms with E-state index >= 15 is 0 Å². The molecule has 0 N–H and O–H groups in total. The van der Waals surface area contributed by atoms with Crippen LogP contribution in [-0.4, -0.2) is 25.8 Å². The van der Waals surface area contributed by atoms with Gasteiger partial charge in [-0.1, -0.05) is 6.08 Å². The van der Waals surface area contributed by atoms with Crippen LogP contribution in [0, 0.1) is 13.8 Å². The fraction of sp³-hybridized carbons (Fsp3) is 0.316. The van der Waals surface area contributed by atoms with Crippen LogP contribution in [0.3, 0.4) is 0 Å². The maximum absolute atomic E-state index is 12.4. The summed E-state index contributed by atoms with van der Waals surface area (Å²) in [5.74, 6) is 1.45. The van der Waals surface area contributed by atoms with Gasteiger partial charge in [-0.05, 0) is 48.7 Å². The van der Waals surface area contributed by atoms with E-state index in [1.807, 2.05) is 38.1 Å². The summed E-state index contributed by atoms with van der Waals surface area (Å²) in [6.07, 6.45) is 3.80. The first-order valence-corrected chi connectivity index (χ1v) is 8.22. The Hall–Kier alpha value is -3.09. The van der Waals surface area contributed by atoms with E-state index in [1.165, 1.54) is 11.6 Å². The Bertz CT molecular complexity index is 1160. The highest BCUT2D eigenvalue weighted by molar-refractivity contribution is 5.77. The SMILES string of the molecule is COc1cc(C)c(C=Cc2nc3c(c(=O)n(C)c(=O)n3C)n2C)cc1C. The highest BCUT2D eigenvalue weighted by atomic mass is 16.5. The van der Waals surface area contributed by atoms with Gasteiger partial charge in [-0.2, -0.15) is 0 Å². The van der Waals surface area contributed by atoms with Crippen molar-refractivity contribution in [3.63, 3.8) is 0 Å². The zero-order chi connectivity index (χ0) is 19.2. The molecule has 0 aliphatic heterocycles. The van der Waals surface area contributed by atoms with Gasteiger partial charge in [-0.15, -0.1) is 0 Å². The molecule has 0 bridgehead atoms. The van der Waals surface area contributed by atoms with Crippen molar-refractivity contribution in [3.8, 4) is 5.75 Å². The zero-order valence-corrected chi connectivity index (χ0v) is 15.8. The van der Waals surface area contributed by atoms with Gasteiger partial charge in [0.1, 0.15) is 11.6 Å². The number of hydrogen-bond acceptors (Lipinski definition) is 4. The van der Waals surface area contributed by atoms with E-state index in [4.69, 9.17) is 4.74 Å². The molecule has 2 heterocycles. The van der Waals surface area contributed by atoms with Crippen molar-refractivity contribution >= 4 is 23.3 Å². The molecule has 0 radical (unpaired) electrons. The fourth-order valence-electron chi connectivity index (χ4n) is 3.06. The third-order valence-electron chi connectivity index (χ3n) is 4.71. The van der Waals surface area contributed by atoms with Gasteiger partial charge < -0.3 is 9.30 Å². The molecule has 26 heavy (non-hydrogen) atoms. The molecule has 2 aromatic heterocycles. The van der Waals surface area contributed by atoms with Crippen LogP contribution in [0.25, 0.3) is 23.3 Å². The zero-order valence-electron chi connectivity index (χ0n) is 15.8. The Morgan fingerprint density at radius 2 is 1.65 bits per heavy atom. The predicted octanol–water partition coefficient (Wildman–Crippen LogP) is 1.77. The molecular weight excluding hydrogens is 332 g/mol. The smallest absolute Gasteiger partial charge is 0.332 e. The van der Waals surface area contributed by atoms with Gasteiger partial charge in [-0.25, -0.2) is 9.78 Å². The monoisotopic (exact) mass is 354 g/mol. The van der Waals surface area contributed by atoms with Crippen LogP contribution in [0.1, 0.15) is 22.5 Å². The molecule has 0 saturated heterocycles. The lowest BCUT2D eigenvalue weighted by Gasteiger charge is -2.08. The van der Waals surface area contributed by atoms with E-state index < -0.39 is 5.69 Å². The Morgan fingerprint density at radius 1 is 0.962 bits per heavy atom. The van der Waals surface area contributed by atoms with Crippen molar-refractivity contribution in [3.05, 3.63) is 55.5 Å². The van der Waals surface area contributed by atoms with Crippen molar-refractivity contribution < 1.29 is 4.74 Å². The maximum atomic E-state index is 12.4. The molecule has 7 nitrogen and oxygen atoms in total. The van der Waals surface area contributed by atoms with Gasteiger partial charge in [0.05, 0.1) is 7.11 Å². The van der Waals surface area contributed by atoms with Gasteiger partial charge >= 0.3 is 5.69 Å². The molecular formula is C19H22N4O3. The average molecular weight is 354 g/mol. The summed E-state index contributed by atoms with van der Waals surface area (Å²) in [5, 5.41) is 0. The molecule has 0 fully saturated rings. The van der Waals surface area contributed by atoms with Crippen LogP contribution in [0.2, 0.25) is 0 Å². The number of aromatic nitrogens is 4. The molecule has 3 rings (SSSR count). The van der Waals surface area contributed by atoms with Crippen molar-refractivity contribution in [1.82, 2.24) is 18.7 Å². The lowest BCUT2D eigenvalue weighted by Crippen LogP contribution is -2.37. The lowest BCUT2D eigenvalue weighted by atomic mass is 10.0. The van der Waals surface area contributed by atoms with Gasteiger partial charge in [-0.3, -0.25) is 13.9 Å². The highest BCUT2D eigenvalue weighted by Crippen LogP contribution is 2.24. The fourth-order valence-corrected chi connectivity index (χ4v) is 3.06. The van der Waals surface area contributed by atoms with Crippen molar-refractivity contribution in [2.75, 3.05) is 7.11 Å². The van der Waals surface area contributed by atoms with Crippen LogP contribution >= 0.6 is 0 Å². The Labute approximate surface area is 150 Å². The van der Waals surface area contributed by atoms with Crippen molar-refractivity contribution in [2.45, 2.75) is 13.8 Å². The Kier molecular flexibility index (Phi) is 4.31. The van der Waals surface area contributed by atoms with E-state index in [2.05, 4.69) is 4.98 Å². The van der Waals surface area contributed by atoms with Crippen LogP contribution in [0.15, 0.2) is 21.7 Å². The second kappa shape index (κ2) is 6.33. The van der Waals surface area contributed by atoms with Crippen molar-refractivity contribution in [1.29, 1.82) is 0 Å². The second-order valence-corrected chi connectivity index (χ2v) is 6.42. The number of rotatable bonds is 3. The maximum Gasteiger partial charge on any atom is 0.332 e. The number of benzene rings is 1. The van der Waals surface area contributed by atoms with Crippen molar-refractivity contribution in [2.24, 2.45) is 21.1 Å². The minimum absolute atomic E-state index is 0.353. The summed E-state index contributed by atoms with van der Waals surface area (Å²) in [4.78, 5) is 29.0. The van der Waals surface area contributed by atoms with E-state index in [1.54, 1.807) is 25.8 Å². The number of nitrogens with zero attached hydrogens (tertiary/aromatic N) is 4. The molecule has 0 saturated carbocycles. The van der Waals surface area contributed by atoms with E-state index in [0.717, 1.165) is 27.0 Å². The summed E-state index contributed by atoms with van der Waals surface area (Å²) in [6.45, 7) is 4.00. The first kappa shape index (κ1) is 17.7. The molecule has 0 aliphatic carbocycles. The Morgan fingerprint density at radius 3 is 2.31 bits per heavy atom. The first-order chi connectivity index (χ1) is 12.3. The molecule has 0 amide bonds. The standard InChI is InChI=1S/C19H22N4O3/c1-11-10-14(26-6)12(2)9-13(11)7-8-15-20-17-16(21(15)3)18(24)23(5)19(25)22(17)4/h7-10H,1-6H3. The van der Waals surface area contributed by atoms with Gasteiger partial charge in [0, 0.05) is 21.1 Å². The molecule has 3 aromatic rings. The molecule has 1 aromatic carbocycles. The summed E-state index contributed by atoms with van der Waals surface area (Å²) < 4.78 is 9.53. The normalized spacial score (nSPS) is 11.6. The second-order valence-electron chi connectivity index (χ2n) is 6.42. The molecule has 0 unspecified atom stereocenters. The van der Waals surface area contributed by atoms with Crippen LogP contribution in [0.5, 0.6) is 5.75 Å². The summed E-state index contributed by atoms with van der Waals surface area (Å²) >= 11 is 0. The van der Waals surface area contributed by atoms with Crippen LogP contribution in [-0.2, 0) is 21.1 Å². The third-order valence-corrected chi connectivity index (χ3v) is 4.71. The number of fused-ring (bicyclic) bond motifs is 1. The molecule has 7 heteroatoms. The highest BCUT2D eigenvalue weighted by Gasteiger charge is 2.15. The molecule has 0 aliphatic rings. The number of aryl methyl sites for hydroxylation is 4. The molecule has 0 spiro atoms. The number of methoxy groups -OCH3 is 1. The summed E-state index contributed by atoms with van der Waals surface area (Å²) in [7, 11) is 6.51. The third kappa shape index (κ3) is 2.65. The molecule has 136 valence electrons. The molecule has 0 atom stereocenters. The number of hydrogen-bond donors (Lipinski definition) is 0. The number of ether oxygens (including phenoxy) is 1. The minimum atomic E-state index is -0.391. The van der Waals surface area contributed by atoms with Gasteiger partial charge in [0.25, 0.3) is 5.56 Å². The van der Waals surface area contributed by atoms with Crippen LogP contribution in [0.4, 0.5) is 0 Å². The largest absolute Gasteiger partial charge is 0.496 e. The predicted molar refractivity (Wildman–Crippen MR) is 103 cm³/mol. The summed E-state index contributed by atoms with van der Waals surface area (Å²) in [6, 6.07) is 4.03. The van der Waals surface area contributed by atoms with Gasteiger partial charge in [0.15, 0.2) is 11.2 Å². The average Bonchev–Trinajstić information content (AvgIpc) is 2.95. The van der Waals surface area contributed by atoms with Gasteiger partial charge in [0.2, 0.25) is 0 Å². The first-order valence-electron chi connectivity index (χ1n) is 8.22. The topological polar surface area (TPSA) is 71.1 Å². The lowest BCUT2D eigenvalue weighted by molar-refractivity contribution is 0.411. The number of imidazole rings is 1.